The van der Waals surface area contributed by atoms with Crippen molar-refractivity contribution in [3.05, 3.63) is 83.3 Å². The van der Waals surface area contributed by atoms with E-state index in [1.54, 1.807) is 17.0 Å². The summed E-state index contributed by atoms with van der Waals surface area (Å²) in [4.78, 5) is 23.5. The first kappa shape index (κ1) is 25.0. The lowest BCUT2D eigenvalue weighted by Crippen LogP contribution is -2.31. The number of fused-ring (bicyclic) bond motifs is 1. The van der Waals surface area contributed by atoms with Gasteiger partial charge in [-0.15, -0.1) is 0 Å². The molecular weight excluding hydrogens is 495 g/mol. The molecular formula is C27H22F3N7O. The molecule has 0 spiro atoms. The lowest BCUT2D eigenvalue weighted by Gasteiger charge is -2.19. The average Bonchev–Trinajstić information content (AvgIpc) is 3.50. The number of carbonyl (C=O) groups is 1. The van der Waals surface area contributed by atoms with Gasteiger partial charge in [0.05, 0.1) is 35.2 Å². The molecule has 0 fully saturated rings. The summed E-state index contributed by atoms with van der Waals surface area (Å²) < 4.78 is 38.6. The Kier molecular flexibility index (Phi) is 6.55. The first-order valence-electron chi connectivity index (χ1n) is 11.8. The number of anilines is 3. The molecule has 1 aliphatic rings. The minimum Gasteiger partial charge on any atom is -0.321 e. The first-order chi connectivity index (χ1) is 18.2. The molecule has 1 aliphatic heterocycles. The maximum absolute atomic E-state index is 13.2. The zero-order chi connectivity index (χ0) is 26.9. The van der Waals surface area contributed by atoms with Gasteiger partial charge < -0.3 is 10.2 Å². The molecule has 3 heterocycles. The van der Waals surface area contributed by atoms with Crippen LogP contribution in [0.25, 0.3) is 11.3 Å². The van der Waals surface area contributed by atoms with Gasteiger partial charge in [-0.2, -0.15) is 23.5 Å². The van der Waals surface area contributed by atoms with Crippen LogP contribution in [0.4, 0.5) is 30.5 Å². The van der Waals surface area contributed by atoms with Crippen molar-refractivity contribution >= 4 is 23.2 Å². The van der Waals surface area contributed by atoms with Crippen LogP contribution in [-0.4, -0.2) is 38.4 Å². The molecule has 38 heavy (non-hydrogen) atoms. The molecule has 4 aromatic rings. The van der Waals surface area contributed by atoms with Crippen LogP contribution in [0.1, 0.15) is 22.3 Å². The van der Waals surface area contributed by atoms with Gasteiger partial charge in [-0.3, -0.25) is 9.48 Å². The Hall–Kier alpha value is -4.72. The Morgan fingerprint density at radius 3 is 2.79 bits per heavy atom. The highest BCUT2D eigenvalue weighted by Gasteiger charge is 2.29. The molecule has 0 saturated heterocycles. The van der Waals surface area contributed by atoms with E-state index in [0.29, 0.717) is 41.2 Å². The average molecular weight is 518 g/mol. The predicted octanol–water partition coefficient (Wildman–Crippen LogP) is 4.96. The Morgan fingerprint density at radius 2 is 2.03 bits per heavy atom. The number of nitriles is 1. The van der Waals surface area contributed by atoms with Crippen molar-refractivity contribution in [3.8, 4) is 17.3 Å². The predicted molar refractivity (Wildman–Crippen MR) is 135 cm³/mol. The van der Waals surface area contributed by atoms with Crippen molar-refractivity contribution in [2.75, 3.05) is 16.8 Å². The fraction of sp³-hybridized carbons (Fsp3) is 0.222. The van der Waals surface area contributed by atoms with E-state index in [9.17, 15) is 23.2 Å². The van der Waals surface area contributed by atoms with Gasteiger partial charge >= 0.3 is 6.18 Å². The van der Waals surface area contributed by atoms with E-state index >= 15 is 0 Å². The number of hydrogen-bond acceptors (Lipinski definition) is 6. The third kappa shape index (κ3) is 5.34. The van der Waals surface area contributed by atoms with E-state index in [4.69, 9.17) is 0 Å². The number of rotatable bonds is 6. The minimum absolute atomic E-state index is 0.0677. The molecule has 1 amide bonds. The molecule has 0 bridgehead atoms. The fourth-order valence-electron chi connectivity index (χ4n) is 4.50. The number of carbonyl (C=O) groups excluding carboxylic acids is 1. The van der Waals surface area contributed by atoms with E-state index in [0.717, 1.165) is 21.4 Å². The quantitative estimate of drug-likeness (QED) is 0.388. The van der Waals surface area contributed by atoms with Gasteiger partial charge in [-0.05, 0) is 48.2 Å². The summed E-state index contributed by atoms with van der Waals surface area (Å²) in [7, 11) is 0. The van der Waals surface area contributed by atoms with Crippen LogP contribution in [0.5, 0.6) is 0 Å². The Morgan fingerprint density at radius 1 is 1.21 bits per heavy atom. The van der Waals surface area contributed by atoms with Crippen molar-refractivity contribution in [2.24, 2.45) is 0 Å². The minimum atomic E-state index is -4.38. The standard InChI is InChI=1S/C27H22F3N7O/c1-17-4-2-3-5-18(17)12-24(38)37-9-7-19-10-20(11-21(13-31)25(19)37)23-6-8-32-26(35-23)34-22-14-33-36(15-22)16-27(28,29)30/h2-6,8,10-11,14-15H,7,9,12,16H2,1H3,(H,32,34,35). The van der Waals surface area contributed by atoms with Crippen molar-refractivity contribution in [3.63, 3.8) is 0 Å². The summed E-state index contributed by atoms with van der Waals surface area (Å²) in [6, 6.07) is 15.2. The van der Waals surface area contributed by atoms with Gasteiger partial charge in [0, 0.05) is 24.5 Å². The maximum atomic E-state index is 13.2. The summed E-state index contributed by atoms with van der Waals surface area (Å²) >= 11 is 0. The van der Waals surface area contributed by atoms with Gasteiger partial charge in [0.25, 0.3) is 0 Å². The second-order valence-corrected chi connectivity index (χ2v) is 8.97. The number of aryl methyl sites for hydroxylation is 1. The van der Waals surface area contributed by atoms with Crippen molar-refractivity contribution in [2.45, 2.75) is 32.5 Å². The monoisotopic (exact) mass is 517 g/mol. The SMILES string of the molecule is Cc1ccccc1CC(=O)N1CCc2cc(-c3ccnc(Nc4cnn(CC(F)(F)F)c4)n3)cc(C#N)c21. The van der Waals surface area contributed by atoms with Gasteiger partial charge in [-0.25, -0.2) is 9.97 Å². The lowest BCUT2D eigenvalue weighted by molar-refractivity contribution is -0.142. The van der Waals surface area contributed by atoms with Crippen LogP contribution in [0.3, 0.4) is 0 Å². The highest BCUT2D eigenvalue weighted by atomic mass is 19.4. The van der Waals surface area contributed by atoms with Crippen LogP contribution in [0.15, 0.2) is 61.1 Å². The fourth-order valence-corrected chi connectivity index (χ4v) is 4.50. The second-order valence-electron chi connectivity index (χ2n) is 8.97. The molecule has 5 rings (SSSR count). The van der Waals surface area contributed by atoms with E-state index in [2.05, 4.69) is 26.5 Å². The topological polar surface area (TPSA) is 99.7 Å². The van der Waals surface area contributed by atoms with Gasteiger partial charge in [0.2, 0.25) is 11.9 Å². The van der Waals surface area contributed by atoms with Gasteiger partial charge in [0.1, 0.15) is 12.6 Å². The number of aromatic nitrogens is 4. The summed E-state index contributed by atoms with van der Waals surface area (Å²) in [6.45, 7) is 1.25. The molecule has 2 aromatic heterocycles. The van der Waals surface area contributed by atoms with E-state index in [1.807, 2.05) is 37.3 Å². The molecule has 0 saturated carbocycles. The van der Waals surface area contributed by atoms with Crippen LogP contribution >= 0.6 is 0 Å². The summed E-state index contributed by atoms with van der Waals surface area (Å²) in [6.07, 6.45) is 0.461. The third-order valence-corrected chi connectivity index (χ3v) is 6.27. The smallest absolute Gasteiger partial charge is 0.321 e. The van der Waals surface area contributed by atoms with Crippen molar-refractivity contribution in [1.29, 1.82) is 5.26 Å². The largest absolute Gasteiger partial charge is 0.408 e. The molecule has 192 valence electrons. The summed E-state index contributed by atoms with van der Waals surface area (Å²) in [5.74, 6) is 0.102. The number of alkyl halides is 3. The zero-order valence-corrected chi connectivity index (χ0v) is 20.3. The number of hydrogen-bond donors (Lipinski definition) is 1. The maximum Gasteiger partial charge on any atom is 0.408 e. The first-order valence-corrected chi connectivity index (χ1v) is 11.8. The summed E-state index contributed by atoms with van der Waals surface area (Å²) in [5.41, 5.74) is 5.36. The third-order valence-electron chi connectivity index (χ3n) is 6.27. The van der Waals surface area contributed by atoms with Crippen LogP contribution in [-0.2, 0) is 24.2 Å². The number of benzene rings is 2. The Balaban J connectivity index is 1.38. The number of nitrogens with one attached hydrogen (secondary N) is 1. The van der Waals surface area contributed by atoms with Gasteiger partial charge in [-0.1, -0.05) is 24.3 Å². The van der Waals surface area contributed by atoms with E-state index < -0.39 is 12.7 Å². The Bertz CT molecular complexity index is 1560. The molecule has 8 nitrogen and oxygen atoms in total. The van der Waals surface area contributed by atoms with Crippen LogP contribution in [0, 0.1) is 18.3 Å². The number of nitrogens with zero attached hydrogens (tertiary/aromatic N) is 6. The van der Waals surface area contributed by atoms with E-state index in [-0.39, 0.29) is 18.3 Å². The molecule has 0 unspecified atom stereocenters. The van der Waals surface area contributed by atoms with Crippen molar-refractivity contribution in [1.82, 2.24) is 19.7 Å². The summed E-state index contributed by atoms with van der Waals surface area (Å²) in [5, 5.41) is 16.5. The van der Waals surface area contributed by atoms with Crippen LogP contribution < -0.4 is 10.2 Å². The normalized spacial score (nSPS) is 12.8. The molecule has 11 heteroatoms. The van der Waals surface area contributed by atoms with Gasteiger partial charge in [0.15, 0.2) is 0 Å². The van der Waals surface area contributed by atoms with E-state index in [1.165, 1.54) is 18.6 Å². The molecule has 2 aromatic carbocycles. The van der Waals surface area contributed by atoms with Crippen LogP contribution in [0.2, 0.25) is 0 Å². The Labute approximate surface area is 216 Å². The molecule has 0 aliphatic carbocycles. The highest BCUT2D eigenvalue weighted by Crippen LogP contribution is 2.36. The number of halogens is 3. The lowest BCUT2D eigenvalue weighted by atomic mass is 10.0. The molecule has 0 atom stereocenters. The zero-order valence-electron chi connectivity index (χ0n) is 20.3. The second kappa shape index (κ2) is 9.97. The molecule has 0 radical (unpaired) electrons. The molecule has 1 N–H and O–H groups in total. The highest BCUT2D eigenvalue weighted by molar-refractivity contribution is 5.99. The van der Waals surface area contributed by atoms with Crippen molar-refractivity contribution < 1.29 is 18.0 Å². The number of amides is 1.